The number of unbranched alkanes of at least 4 members (excludes halogenated alkanes) is 1. The van der Waals surface area contributed by atoms with Gasteiger partial charge in [0, 0.05) is 13.0 Å². The lowest BCUT2D eigenvalue weighted by atomic mass is 10.2. The van der Waals surface area contributed by atoms with Crippen molar-refractivity contribution in [3.63, 3.8) is 0 Å². The number of carbonyl (C=O) groups is 1. The summed E-state index contributed by atoms with van der Waals surface area (Å²) in [7, 11) is 0. The maximum Gasteiger partial charge on any atom is 0.330 e. The van der Waals surface area contributed by atoms with Crippen LogP contribution in [-0.4, -0.2) is 25.3 Å². The number of hydrogen-bond acceptors (Lipinski definition) is 4. The van der Waals surface area contributed by atoms with E-state index >= 15 is 0 Å². The fourth-order valence-corrected chi connectivity index (χ4v) is 1.79. The average Bonchev–Trinajstić information content (AvgIpc) is 2.75. The molecular weight excluding hydrogens is 236 g/mol. The third-order valence-electron chi connectivity index (χ3n) is 2.73. The molecule has 0 aliphatic rings. The van der Waals surface area contributed by atoms with Gasteiger partial charge in [-0.15, -0.1) is 0 Å². The molecule has 0 radical (unpaired) electrons. The summed E-state index contributed by atoms with van der Waals surface area (Å²) in [5.41, 5.74) is -0.289. The molecule has 0 aliphatic heterocycles. The molecule has 2 rings (SSSR count). The van der Waals surface area contributed by atoms with Crippen LogP contribution in [-0.2, 0) is 11.3 Å². The zero-order valence-electron chi connectivity index (χ0n) is 10.0. The molecule has 2 N–H and O–H groups in total. The van der Waals surface area contributed by atoms with Gasteiger partial charge in [0.15, 0.2) is 5.65 Å². The number of imidazole rings is 1. The molecule has 0 amide bonds. The smallest absolute Gasteiger partial charge is 0.330 e. The van der Waals surface area contributed by atoms with Crippen LogP contribution in [0.4, 0.5) is 0 Å². The summed E-state index contributed by atoms with van der Waals surface area (Å²) >= 11 is 0. The van der Waals surface area contributed by atoms with Crippen molar-refractivity contribution in [1.29, 1.82) is 0 Å². The summed E-state index contributed by atoms with van der Waals surface area (Å²) < 4.78 is 1.13. The van der Waals surface area contributed by atoms with E-state index in [1.165, 1.54) is 13.3 Å². The van der Waals surface area contributed by atoms with Crippen LogP contribution in [0.5, 0.6) is 0 Å². The van der Waals surface area contributed by atoms with Crippen LogP contribution >= 0.6 is 0 Å². The minimum absolute atomic E-state index is 0.111. The predicted molar refractivity (Wildman–Crippen MR) is 65.5 cm³/mol. The van der Waals surface area contributed by atoms with E-state index in [0.717, 1.165) is 4.57 Å². The van der Waals surface area contributed by atoms with Gasteiger partial charge in [-0.1, -0.05) is 0 Å². The molecule has 0 unspecified atom stereocenters. The van der Waals surface area contributed by atoms with Crippen LogP contribution in [0, 0.1) is 0 Å². The lowest BCUT2D eigenvalue weighted by Crippen LogP contribution is -2.35. The van der Waals surface area contributed by atoms with Gasteiger partial charge in [-0.25, -0.2) is 9.78 Å². The molecule has 7 nitrogen and oxygen atoms in total. The number of Topliss-reactive ketones (excluding diaryl/α,β-unsaturated/α-hetero) is 1. The molecule has 0 atom stereocenters. The number of ketones is 1. The summed E-state index contributed by atoms with van der Waals surface area (Å²) in [5.74, 6) is 0.111. The minimum atomic E-state index is -0.470. The lowest BCUT2D eigenvalue weighted by molar-refractivity contribution is -0.117. The summed E-state index contributed by atoms with van der Waals surface area (Å²) in [6.07, 6.45) is 3.12. The normalized spacial score (nSPS) is 10.9. The summed E-state index contributed by atoms with van der Waals surface area (Å²) in [6, 6.07) is 0. The quantitative estimate of drug-likeness (QED) is 0.739. The van der Waals surface area contributed by atoms with E-state index in [1.54, 1.807) is 0 Å². The number of nitrogens with one attached hydrogen (secondary N) is 2. The van der Waals surface area contributed by atoms with Crippen molar-refractivity contribution in [2.24, 2.45) is 0 Å². The first-order chi connectivity index (χ1) is 8.59. The maximum absolute atomic E-state index is 11.9. The third kappa shape index (κ3) is 2.39. The molecule has 0 aromatic carbocycles. The monoisotopic (exact) mass is 250 g/mol. The molecule has 0 aliphatic carbocycles. The zero-order valence-corrected chi connectivity index (χ0v) is 10.0. The number of hydrogen-bond donors (Lipinski definition) is 2. The van der Waals surface area contributed by atoms with Crippen LogP contribution in [0.25, 0.3) is 11.2 Å². The Balaban J connectivity index is 2.20. The molecule has 0 bridgehead atoms. The summed E-state index contributed by atoms with van der Waals surface area (Å²) in [6.45, 7) is 1.83. The van der Waals surface area contributed by atoms with Gasteiger partial charge in [-0.3, -0.25) is 14.3 Å². The van der Waals surface area contributed by atoms with Gasteiger partial charge < -0.3 is 9.78 Å². The summed E-state index contributed by atoms with van der Waals surface area (Å²) in [5, 5.41) is 0. The van der Waals surface area contributed by atoms with E-state index in [1.807, 2.05) is 0 Å². The van der Waals surface area contributed by atoms with Crippen molar-refractivity contribution < 1.29 is 4.79 Å². The number of aromatic amines is 2. The van der Waals surface area contributed by atoms with Crippen molar-refractivity contribution >= 4 is 16.9 Å². The maximum atomic E-state index is 11.9. The van der Waals surface area contributed by atoms with E-state index in [-0.39, 0.29) is 17.0 Å². The zero-order chi connectivity index (χ0) is 13.1. The molecule has 0 spiro atoms. The van der Waals surface area contributed by atoms with E-state index < -0.39 is 5.69 Å². The van der Waals surface area contributed by atoms with Crippen molar-refractivity contribution in [2.75, 3.05) is 0 Å². The van der Waals surface area contributed by atoms with Gasteiger partial charge in [0.25, 0.3) is 5.56 Å². The average molecular weight is 250 g/mol. The Bertz CT molecular complexity index is 679. The van der Waals surface area contributed by atoms with Gasteiger partial charge in [0.1, 0.15) is 11.3 Å². The van der Waals surface area contributed by atoms with Crippen LogP contribution < -0.4 is 11.2 Å². The highest BCUT2D eigenvalue weighted by atomic mass is 16.2. The molecule has 2 aromatic rings. The highest BCUT2D eigenvalue weighted by Crippen LogP contribution is 1.99. The number of H-pyrrole nitrogens is 2. The molecular formula is C11H14N4O3. The number of carbonyl (C=O) groups excluding carboxylic acids is 1. The van der Waals surface area contributed by atoms with Gasteiger partial charge in [0.05, 0.1) is 6.33 Å². The number of fused-ring (bicyclic) bond motifs is 1. The highest BCUT2D eigenvalue weighted by Gasteiger charge is 2.08. The lowest BCUT2D eigenvalue weighted by Gasteiger charge is -2.03. The predicted octanol–water partition coefficient (Wildman–Crippen LogP) is 0.172. The van der Waals surface area contributed by atoms with Crippen LogP contribution in [0.1, 0.15) is 26.2 Å². The van der Waals surface area contributed by atoms with Gasteiger partial charge >= 0.3 is 5.69 Å². The van der Waals surface area contributed by atoms with E-state index in [4.69, 9.17) is 0 Å². The van der Waals surface area contributed by atoms with Crippen molar-refractivity contribution in [3.05, 3.63) is 27.2 Å². The summed E-state index contributed by atoms with van der Waals surface area (Å²) in [4.78, 5) is 43.4. The first-order valence-electron chi connectivity index (χ1n) is 5.75. The van der Waals surface area contributed by atoms with E-state index in [2.05, 4.69) is 15.0 Å². The number of aromatic nitrogens is 4. The van der Waals surface area contributed by atoms with Gasteiger partial charge in [0.2, 0.25) is 0 Å². The molecule has 0 fully saturated rings. The largest absolute Gasteiger partial charge is 0.339 e. The Hall–Kier alpha value is -2.18. The standard InChI is InChI=1S/C11H14N4O3/c1-7(16)4-2-3-5-15-10(17)8-9(13-6-12-8)14-11(15)18/h6H,2-5H2,1H3,(H,12,13)(H,14,18). The Labute approximate surface area is 102 Å². The Morgan fingerprint density at radius 2 is 2.17 bits per heavy atom. The fourth-order valence-electron chi connectivity index (χ4n) is 1.79. The van der Waals surface area contributed by atoms with Crippen molar-refractivity contribution in [2.45, 2.75) is 32.7 Å². The molecule has 96 valence electrons. The molecule has 0 saturated carbocycles. The second-order valence-electron chi connectivity index (χ2n) is 4.17. The highest BCUT2D eigenvalue weighted by molar-refractivity contribution is 5.75. The fraction of sp³-hybridized carbons (Fsp3) is 0.455. The minimum Gasteiger partial charge on any atom is -0.339 e. The van der Waals surface area contributed by atoms with Crippen LogP contribution in [0.15, 0.2) is 15.9 Å². The molecule has 18 heavy (non-hydrogen) atoms. The molecule has 2 aromatic heterocycles. The molecule has 2 heterocycles. The van der Waals surface area contributed by atoms with Gasteiger partial charge in [-0.05, 0) is 19.8 Å². The molecule has 7 heteroatoms. The second-order valence-corrected chi connectivity index (χ2v) is 4.17. The first kappa shape index (κ1) is 12.3. The van der Waals surface area contributed by atoms with Crippen LogP contribution in [0.2, 0.25) is 0 Å². The number of nitrogens with zero attached hydrogens (tertiary/aromatic N) is 2. The van der Waals surface area contributed by atoms with Crippen molar-refractivity contribution in [1.82, 2.24) is 19.5 Å². The van der Waals surface area contributed by atoms with Crippen LogP contribution in [0.3, 0.4) is 0 Å². The first-order valence-corrected chi connectivity index (χ1v) is 5.75. The van der Waals surface area contributed by atoms with E-state index in [0.29, 0.717) is 31.3 Å². The Morgan fingerprint density at radius 1 is 1.39 bits per heavy atom. The Morgan fingerprint density at radius 3 is 2.89 bits per heavy atom. The van der Waals surface area contributed by atoms with E-state index in [9.17, 15) is 14.4 Å². The van der Waals surface area contributed by atoms with Gasteiger partial charge in [-0.2, -0.15) is 0 Å². The second kappa shape index (κ2) is 4.99. The molecule has 0 saturated heterocycles. The number of rotatable bonds is 5. The topological polar surface area (TPSA) is 101 Å². The Kier molecular flexibility index (Phi) is 3.40. The SMILES string of the molecule is CC(=O)CCCCn1c(=O)[nH]c2nc[nH]c2c1=O. The third-order valence-corrected chi connectivity index (χ3v) is 2.73. The van der Waals surface area contributed by atoms with Crippen molar-refractivity contribution in [3.8, 4) is 0 Å².